The normalized spacial score (nSPS) is 36.2. The van der Waals surface area contributed by atoms with Crippen LogP contribution in [0.3, 0.4) is 0 Å². The molecule has 3 heteroatoms. The van der Waals surface area contributed by atoms with Gasteiger partial charge >= 0.3 is 0 Å². The van der Waals surface area contributed by atoms with Crippen LogP contribution in [0, 0.1) is 5.41 Å². The fraction of sp³-hybridized carbons (Fsp3) is 1.00. The lowest BCUT2D eigenvalue weighted by Crippen LogP contribution is -2.60. The van der Waals surface area contributed by atoms with Crippen LogP contribution in [0.4, 0.5) is 0 Å². The Kier molecular flexibility index (Phi) is 3.79. The van der Waals surface area contributed by atoms with Gasteiger partial charge in [0.05, 0.1) is 18.8 Å². The molecule has 0 aromatic rings. The van der Waals surface area contributed by atoms with E-state index in [0.717, 1.165) is 32.6 Å². The van der Waals surface area contributed by atoms with Crippen molar-refractivity contribution in [3.63, 3.8) is 0 Å². The zero-order valence-electron chi connectivity index (χ0n) is 12.6. The van der Waals surface area contributed by atoms with Gasteiger partial charge in [-0.3, -0.25) is 0 Å². The smallest absolute Gasteiger partial charge is 0.109 e. The lowest BCUT2D eigenvalue weighted by Gasteiger charge is -2.44. The van der Waals surface area contributed by atoms with Crippen LogP contribution in [0.5, 0.6) is 0 Å². The van der Waals surface area contributed by atoms with E-state index in [9.17, 15) is 0 Å². The molecule has 2 aliphatic rings. The summed E-state index contributed by atoms with van der Waals surface area (Å²) in [7, 11) is 0. The molecule has 1 spiro atoms. The van der Waals surface area contributed by atoms with Crippen molar-refractivity contribution in [2.75, 3.05) is 19.8 Å². The van der Waals surface area contributed by atoms with Crippen molar-refractivity contribution in [1.82, 2.24) is 5.32 Å². The van der Waals surface area contributed by atoms with Crippen LogP contribution < -0.4 is 5.32 Å². The lowest BCUT2D eigenvalue weighted by atomic mass is 9.75. The first-order valence-electron chi connectivity index (χ1n) is 7.30. The van der Waals surface area contributed by atoms with Crippen molar-refractivity contribution >= 4 is 0 Å². The quantitative estimate of drug-likeness (QED) is 0.841. The molecule has 0 saturated carbocycles. The lowest BCUT2D eigenvalue weighted by molar-refractivity contribution is -0.106. The van der Waals surface area contributed by atoms with E-state index in [-0.39, 0.29) is 11.2 Å². The third-order valence-corrected chi connectivity index (χ3v) is 4.66. The van der Waals surface area contributed by atoms with Crippen molar-refractivity contribution in [2.24, 2.45) is 5.41 Å². The molecule has 18 heavy (non-hydrogen) atoms. The molecule has 2 aliphatic heterocycles. The number of morpholine rings is 1. The average molecular weight is 255 g/mol. The van der Waals surface area contributed by atoms with E-state index < -0.39 is 0 Å². The standard InChI is InChI=1S/C15H29NO2/c1-6-13(2,3)9-12-15(17-8-7-16-12)10-14(4,5)18-11-15/h12,16H,6-11H2,1-5H3. The Bertz CT molecular complexity index is 301. The molecule has 2 unspecified atom stereocenters. The van der Waals surface area contributed by atoms with E-state index in [1.54, 1.807) is 0 Å². The molecular weight excluding hydrogens is 226 g/mol. The maximum absolute atomic E-state index is 6.18. The predicted molar refractivity (Wildman–Crippen MR) is 73.8 cm³/mol. The highest BCUT2D eigenvalue weighted by Crippen LogP contribution is 2.42. The summed E-state index contributed by atoms with van der Waals surface area (Å²) in [5.41, 5.74) is 0.208. The van der Waals surface area contributed by atoms with Gasteiger partial charge in [-0.1, -0.05) is 27.2 Å². The predicted octanol–water partition coefficient (Wildman–Crippen LogP) is 2.74. The highest BCUT2D eigenvalue weighted by molar-refractivity contribution is 5.05. The van der Waals surface area contributed by atoms with Crippen LogP contribution in [-0.2, 0) is 9.47 Å². The Morgan fingerprint density at radius 1 is 1.28 bits per heavy atom. The van der Waals surface area contributed by atoms with Crippen LogP contribution in [0.15, 0.2) is 0 Å². The molecule has 2 rings (SSSR count). The van der Waals surface area contributed by atoms with Crippen LogP contribution in [-0.4, -0.2) is 37.0 Å². The maximum Gasteiger partial charge on any atom is 0.109 e. The van der Waals surface area contributed by atoms with Gasteiger partial charge in [0, 0.05) is 19.0 Å². The molecule has 106 valence electrons. The second kappa shape index (κ2) is 4.77. The highest BCUT2D eigenvalue weighted by Gasteiger charge is 2.52. The van der Waals surface area contributed by atoms with E-state index in [4.69, 9.17) is 9.47 Å². The molecule has 2 atom stereocenters. The zero-order chi connectivity index (χ0) is 13.4. The largest absolute Gasteiger partial charge is 0.372 e. The summed E-state index contributed by atoms with van der Waals surface area (Å²) in [6.45, 7) is 13.8. The molecule has 0 aliphatic carbocycles. The Hall–Kier alpha value is -0.120. The van der Waals surface area contributed by atoms with Gasteiger partial charge in [-0.25, -0.2) is 0 Å². The Balaban J connectivity index is 2.12. The van der Waals surface area contributed by atoms with Gasteiger partial charge in [-0.15, -0.1) is 0 Å². The minimum atomic E-state index is -0.103. The van der Waals surface area contributed by atoms with Gasteiger partial charge in [-0.2, -0.15) is 0 Å². The van der Waals surface area contributed by atoms with Crippen molar-refractivity contribution < 1.29 is 9.47 Å². The number of rotatable bonds is 3. The molecule has 1 N–H and O–H groups in total. The van der Waals surface area contributed by atoms with E-state index in [2.05, 4.69) is 39.9 Å². The second-order valence-corrected chi connectivity index (χ2v) is 7.37. The van der Waals surface area contributed by atoms with Crippen molar-refractivity contribution in [3.8, 4) is 0 Å². The summed E-state index contributed by atoms with van der Waals surface area (Å²) >= 11 is 0. The van der Waals surface area contributed by atoms with E-state index >= 15 is 0 Å². The molecular formula is C15H29NO2. The van der Waals surface area contributed by atoms with Crippen LogP contribution in [0.2, 0.25) is 0 Å². The summed E-state index contributed by atoms with van der Waals surface area (Å²) in [6, 6.07) is 0.419. The third kappa shape index (κ3) is 2.89. The van der Waals surface area contributed by atoms with Gasteiger partial charge in [-0.05, 0) is 25.7 Å². The fourth-order valence-corrected chi connectivity index (χ4v) is 3.19. The monoisotopic (exact) mass is 255 g/mol. The van der Waals surface area contributed by atoms with Gasteiger partial charge < -0.3 is 14.8 Å². The first kappa shape index (κ1) is 14.3. The highest BCUT2D eigenvalue weighted by atomic mass is 16.6. The first-order chi connectivity index (χ1) is 8.29. The van der Waals surface area contributed by atoms with Crippen molar-refractivity contribution in [3.05, 3.63) is 0 Å². The van der Waals surface area contributed by atoms with Crippen LogP contribution in [0.25, 0.3) is 0 Å². The molecule has 0 radical (unpaired) electrons. The van der Waals surface area contributed by atoms with E-state index in [1.165, 1.54) is 6.42 Å². The van der Waals surface area contributed by atoms with Gasteiger partial charge in [0.1, 0.15) is 5.60 Å². The summed E-state index contributed by atoms with van der Waals surface area (Å²) in [4.78, 5) is 0. The Morgan fingerprint density at radius 2 is 2.00 bits per heavy atom. The zero-order valence-corrected chi connectivity index (χ0v) is 12.6. The summed E-state index contributed by atoms with van der Waals surface area (Å²) in [6.07, 6.45) is 3.35. The fourth-order valence-electron chi connectivity index (χ4n) is 3.19. The molecule has 0 aromatic heterocycles. The minimum Gasteiger partial charge on any atom is -0.372 e. The number of hydrogen-bond donors (Lipinski definition) is 1. The van der Waals surface area contributed by atoms with Gasteiger partial charge in [0.25, 0.3) is 0 Å². The topological polar surface area (TPSA) is 30.5 Å². The minimum absolute atomic E-state index is 0.0480. The summed E-state index contributed by atoms with van der Waals surface area (Å²) in [5, 5.41) is 3.68. The molecule has 0 aromatic carbocycles. The van der Waals surface area contributed by atoms with Crippen molar-refractivity contribution in [1.29, 1.82) is 0 Å². The molecule has 2 saturated heterocycles. The number of nitrogens with one attached hydrogen (secondary N) is 1. The molecule has 0 amide bonds. The molecule has 2 heterocycles. The SMILES string of the molecule is CCC(C)(C)CC1NCCOC12COC(C)(C)C2. The second-order valence-electron chi connectivity index (χ2n) is 7.37. The maximum atomic E-state index is 6.18. The first-order valence-corrected chi connectivity index (χ1v) is 7.30. The summed E-state index contributed by atoms with van der Waals surface area (Å²) in [5.74, 6) is 0. The van der Waals surface area contributed by atoms with E-state index in [1.807, 2.05) is 0 Å². The molecule has 3 nitrogen and oxygen atoms in total. The Labute approximate surface area is 112 Å². The van der Waals surface area contributed by atoms with E-state index in [0.29, 0.717) is 11.5 Å². The average Bonchev–Trinajstić information content (AvgIpc) is 2.59. The molecule has 0 bridgehead atoms. The van der Waals surface area contributed by atoms with Crippen molar-refractivity contribution in [2.45, 2.75) is 71.1 Å². The third-order valence-electron chi connectivity index (χ3n) is 4.66. The van der Waals surface area contributed by atoms with Gasteiger partial charge in [0.15, 0.2) is 0 Å². The number of ether oxygens (including phenoxy) is 2. The summed E-state index contributed by atoms with van der Waals surface area (Å²) < 4.78 is 12.1. The Morgan fingerprint density at radius 3 is 2.56 bits per heavy atom. The van der Waals surface area contributed by atoms with Gasteiger partial charge in [0.2, 0.25) is 0 Å². The van der Waals surface area contributed by atoms with Crippen LogP contribution >= 0.6 is 0 Å². The number of hydrogen-bond acceptors (Lipinski definition) is 3. The van der Waals surface area contributed by atoms with Crippen LogP contribution in [0.1, 0.15) is 53.9 Å². The molecule has 2 fully saturated rings.